The van der Waals surface area contributed by atoms with E-state index < -0.39 is 0 Å². The molecule has 0 saturated carbocycles. The van der Waals surface area contributed by atoms with Gasteiger partial charge in [0.15, 0.2) is 23.6 Å². The molecule has 33 heavy (non-hydrogen) atoms. The smallest absolute Gasteiger partial charge is 0.185 e. The van der Waals surface area contributed by atoms with Crippen molar-refractivity contribution in [1.82, 2.24) is 19.5 Å². The van der Waals surface area contributed by atoms with Crippen LogP contribution in [0, 0.1) is 12.7 Å². The molecule has 0 radical (unpaired) electrons. The molecule has 1 saturated heterocycles. The van der Waals surface area contributed by atoms with Crippen LogP contribution in [0.2, 0.25) is 0 Å². The molecule has 4 heterocycles. The van der Waals surface area contributed by atoms with Crippen molar-refractivity contribution in [2.75, 3.05) is 31.3 Å². The van der Waals surface area contributed by atoms with Crippen molar-refractivity contribution in [3.05, 3.63) is 78.1 Å². The number of fused-ring (bicyclic) bond motifs is 2. The van der Waals surface area contributed by atoms with Gasteiger partial charge in [0.2, 0.25) is 0 Å². The van der Waals surface area contributed by atoms with E-state index in [1.165, 1.54) is 18.5 Å². The van der Waals surface area contributed by atoms with E-state index in [0.29, 0.717) is 37.6 Å². The first-order valence-electron chi connectivity index (χ1n) is 10.7. The highest BCUT2D eigenvalue weighted by Gasteiger charge is 2.31. The van der Waals surface area contributed by atoms with Gasteiger partial charge in [-0.15, -0.1) is 0 Å². The summed E-state index contributed by atoms with van der Waals surface area (Å²) in [6.45, 7) is 4.44. The standard InChI is InChI=1S/C24H21FN6O2/c1-16-13-29(14-27-16)20-7-2-17(23-22(20)28-15-33-23)12-21-24-26-8-9-30(31(24)10-11-32-21)19-5-3-18(25)4-6-19/h2-7,12-15H,8-11H2,1H3/b21-12-. The molecule has 0 aliphatic carbocycles. The highest BCUT2D eigenvalue weighted by Crippen LogP contribution is 2.29. The van der Waals surface area contributed by atoms with Gasteiger partial charge in [0, 0.05) is 11.8 Å². The molecule has 8 nitrogen and oxygen atoms in total. The largest absolute Gasteiger partial charge is 0.488 e. The minimum Gasteiger partial charge on any atom is -0.488 e. The second kappa shape index (κ2) is 7.77. The van der Waals surface area contributed by atoms with Gasteiger partial charge in [-0.2, -0.15) is 0 Å². The van der Waals surface area contributed by atoms with Crippen LogP contribution in [0.15, 0.2) is 70.5 Å². The van der Waals surface area contributed by atoms with Crippen LogP contribution in [-0.4, -0.2) is 51.6 Å². The van der Waals surface area contributed by atoms with Gasteiger partial charge in [-0.1, -0.05) is 0 Å². The maximum atomic E-state index is 13.4. The van der Waals surface area contributed by atoms with E-state index in [0.717, 1.165) is 34.0 Å². The predicted molar refractivity (Wildman–Crippen MR) is 123 cm³/mol. The molecule has 2 aliphatic rings. The van der Waals surface area contributed by atoms with Gasteiger partial charge in [-0.3, -0.25) is 15.0 Å². The van der Waals surface area contributed by atoms with Gasteiger partial charge in [0.25, 0.3) is 0 Å². The first-order valence-corrected chi connectivity index (χ1v) is 10.7. The molecule has 0 spiro atoms. The normalized spacial score (nSPS) is 17.3. The van der Waals surface area contributed by atoms with Gasteiger partial charge in [0.05, 0.1) is 43.0 Å². The van der Waals surface area contributed by atoms with E-state index >= 15 is 0 Å². The van der Waals surface area contributed by atoms with Gasteiger partial charge >= 0.3 is 0 Å². The predicted octanol–water partition coefficient (Wildman–Crippen LogP) is 3.97. The number of anilines is 1. The van der Waals surface area contributed by atoms with Crippen LogP contribution in [0.25, 0.3) is 22.9 Å². The molecule has 0 N–H and O–H groups in total. The lowest BCUT2D eigenvalue weighted by Gasteiger charge is -2.43. The Morgan fingerprint density at radius 3 is 2.73 bits per heavy atom. The van der Waals surface area contributed by atoms with E-state index in [1.54, 1.807) is 18.5 Å². The number of hydrogen-bond acceptors (Lipinski definition) is 7. The zero-order valence-electron chi connectivity index (χ0n) is 18.0. The fourth-order valence-corrected chi connectivity index (χ4v) is 4.27. The Kier molecular flexibility index (Phi) is 4.60. The van der Waals surface area contributed by atoms with Crippen molar-refractivity contribution in [3.63, 3.8) is 0 Å². The molecule has 2 aromatic carbocycles. The first-order chi connectivity index (χ1) is 16.2. The molecule has 4 aromatic rings. The summed E-state index contributed by atoms with van der Waals surface area (Å²) in [5.41, 5.74) is 5.00. The Hall–Kier alpha value is -4.14. The van der Waals surface area contributed by atoms with Crippen molar-refractivity contribution in [2.24, 2.45) is 4.99 Å². The number of amidine groups is 1. The highest BCUT2D eigenvalue weighted by molar-refractivity contribution is 6.03. The zero-order chi connectivity index (χ0) is 22.4. The third-order valence-corrected chi connectivity index (χ3v) is 5.78. The topological polar surface area (TPSA) is 71.9 Å². The highest BCUT2D eigenvalue weighted by atomic mass is 19.1. The van der Waals surface area contributed by atoms with Crippen LogP contribution in [-0.2, 0) is 4.74 Å². The Balaban J connectivity index is 1.37. The number of morpholine rings is 1. The quantitative estimate of drug-likeness (QED) is 0.476. The van der Waals surface area contributed by atoms with Crippen molar-refractivity contribution in [2.45, 2.75) is 6.92 Å². The van der Waals surface area contributed by atoms with E-state index in [2.05, 4.69) is 20.0 Å². The monoisotopic (exact) mass is 444 g/mol. The number of hydrazine groups is 1. The SMILES string of the molecule is Cc1cn(-c2ccc(/C=C3\OCCN4C3=NCCN4c3ccc(F)cc3)c3ocnc23)cn1. The second-order valence-corrected chi connectivity index (χ2v) is 7.91. The molecular weight excluding hydrogens is 423 g/mol. The molecule has 0 amide bonds. The van der Waals surface area contributed by atoms with E-state index in [-0.39, 0.29) is 5.82 Å². The second-order valence-electron chi connectivity index (χ2n) is 7.91. The molecule has 166 valence electrons. The van der Waals surface area contributed by atoms with Gasteiger partial charge < -0.3 is 13.7 Å². The minimum absolute atomic E-state index is 0.252. The Bertz CT molecular complexity index is 1390. The lowest BCUT2D eigenvalue weighted by Crippen LogP contribution is -2.55. The molecule has 1 fully saturated rings. The van der Waals surface area contributed by atoms with Crippen molar-refractivity contribution >= 4 is 28.7 Å². The maximum Gasteiger partial charge on any atom is 0.185 e. The lowest BCUT2D eigenvalue weighted by molar-refractivity contribution is 0.160. The molecule has 0 bridgehead atoms. The number of aryl methyl sites for hydroxylation is 1. The molecule has 9 heteroatoms. The number of rotatable bonds is 3. The number of imidazole rings is 1. The molecule has 2 aliphatic heterocycles. The van der Waals surface area contributed by atoms with E-state index in [9.17, 15) is 4.39 Å². The molecular formula is C24H21FN6O2. The fraction of sp³-hybridized carbons (Fsp3) is 0.208. The number of aliphatic imine (C=N–C) groups is 1. The first kappa shape index (κ1) is 19.5. The van der Waals surface area contributed by atoms with Crippen LogP contribution >= 0.6 is 0 Å². The zero-order valence-corrected chi connectivity index (χ0v) is 18.0. The molecule has 6 rings (SSSR count). The van der Waals surface area contributed by atoms with Gasteiger partial charge in [-0.05, 0) is 49.4 Å². The summed E-state index contributed by atoms with van der Waals surface area (Å²) < 4.78 is 27.1. The summed E-state index contributed by atoms with van der Waals surface area (Å²) in [5.74, 6) is 1.16. The molecule has 0 unspecified atom stereocenters. The number of hydrogen-bond donors (Lipinski definition) is 0. The Morgan fingerprint density at radius 1 is 1.03 bits per heavy atom. The van der Waals surface area contributed by atoms with E-state index in [1.807, 2.05) is 35.9 Å². The third kappa shape index (κ3) is 3.42. The van der Waals surface area contributed by atoms with Crippen molar-refractivity contribution in [3.8, 4) is 5.69 Å². The number of ether oxygens (including phenoxy) is 1. The Morgan fingerprint density at radius 2 is 1.91 bits per heavy atom. The van der Waals surface area contributed by atoms with Crippen LogP contribution in [0.4, 0.5) is 10.1 Å². The molecule has 2 aromatic heterocycles. The van der Waals surface area contributed by atoms with E-state index in [4.69, 9.17) is 14.1 Å². The summed E-state index contributed by atoms with van der Waals surface area (Å²) in [6, 6.07) is 10.5. The summed E-state index contributed by atoms with van der Waals surface area (Å²) in [6.07, 6.45) is 7.10. The summed E-state index contributed by atoms with van der Waals surface area (Å²) >= 11 is 0. The fourth-order valence-electron chi connectivity index (χ4n) is 4.27. The van der Waals surface area contributed by atoms with Crippen LogP contribution in [0.3, 0.4) is 0 Å². The lowest BCUT2D eigenvalue weighted by atomic mass is 10.1. The van der Waals surface area contributed by atoms with Gasteiger partial charge in [0.1, 0.15) is 17.9 Å². The minimum atomic E-state index is -0.252. The van der Waals surface area contributed by atoms with Crippen molar-refractivity contribution < 1.29 is 13.5 Å². The molecule has 0 atom stereocenters. The van der Waals surface area contributed by atoms with Crippen LogP contribution < -0.4 is 5.01 Å². The van der Waals surface area contributed by atoms with Crippen LogP contribution in [0.1, 0.15) is 11.3 Å². The number of aromatic nitrogens is 3. The Labute approximate surface area is 189 Å². The van der Waals surface area contributed by atoms with Gasteiger partial charge in [-0.25, -0.2) is 14.4 Å². The number of halogens is 1. The van der Waals surface area contributed by atoms with Crippen LogP contribution in [0.5, 0.6) is 0 Å². The summed E-state index contributed by atoms with van der Waals surface area (Å²) in [5, 5.41) is 4.21. The van der Waals surface area contributed by atoms with Crippen molar-refractivity contribution in [1.29, 1.82) is 0 Å². The number of oxazole rings is 1. The summed E-state index contributed by atoms with van der Waals surface area (Å²) in [4.78, 5) is 13.5. The summed E-state index contributed by atoms with van der Waals surface area (Å²) in [7, 11) is 0. The number of benzene rings is 2. The average Bonchev–Trinajstić information content (AvgIpc) is 3.49. The third-order valence-electron chi connectivity index (χ3n) is 5.78. The average molecular weight is 444 g/mol. The number of nitrogens with zero attached hydrogens (tertiary/aromatic N) is 6. The maximum absolute atomic E-state index is 13.4.